The lowest BCUT2D eigenvalue weighted by Crippen LogP contribution is -2.32. The summed E-state index contributed by atoms with van der Waals surface area (Å²) in [4.78, 5) is 2.46. The highest BCUT2D eigenvalue weighted by molar-refractivity contribution is 5.24. The predicted octanol–water partition coefficient (Wildman–Crippen LogP) is 4.71. The van der Waals surface area contributed by atoms with Gasteiger partial charge in [-0.1, -0.05) is 42.5 Å². The lowest BCUT2D eigenvalue weighted by Gasteiger charge is -2.32. The zero-order chi connectivity index (χ0) is 18.5. The Morgan fingerprint density at radius 1 is 0.926 bits per heavy atom. The lowest BCUT2D eigenvalue weighted by molar-refractivity contribution is 0.203. The van der Waals surface area contributed by atoms with E-state index in [1.54, 1.807) is 12.1 Å². The summed E-state index contributed by atoms with van der Waals surface area (Å²) in [5.74, 6) is 0.391. The van der Waals surface area contributed by atoms with E-state index in [0.717, 1.165) is 45.3 Å². The fraction of sp³-hybridized carbons (Fsp3) is 0.348. The van der Waals surface area contributed by atoms with Crippen molar-refractivity contribution >= 4 is 0 Å². The van der Waals surface area contributed by atoms with Gasteiger partial charge in [0.2, 0.25) is 0 Å². The summed E-state index contributed by atoms with van der Waals surface area (Å²) in [5.41, 5.74) is 5.24. The van der Waals surface area contributed by atoms with Crippen LogP contribution in [0.3, 0.4) is 0 Å². The first-order valence-corrected chi connectivity index (χ1v) is 9.81. The monoisotopic (exact) mass is 363 g/mol. The first-order chi connectivity index (χ1) is 13.3. The summed E-state index contributed by atoms with van der Waals surface area (Å²) in [6.07, 6.45) is 6.37. The third-order valence-electron chi connectivity index (χ3n) is 5.59. The van der Waals surface area contributed by atoms with E-state index in [9.17, 15) is 4.39 Å². The molecule has 1 aromatic heterocycles. The Morgan fingerprint density at radius 2 is 1.67 bits per heavy atom. The molecule has 0 spiro atoms. The number of aromatic amines is 1. The second-order valence-corrected chi connectivity index (χ2v) is 7.47. The second-order valence-electron chi connectivity index (χ2n) is 7.47. The quantitative estimate of drug-likeness (QED) is 0.688. The van der Waals surface area contributed by atoms with Crippen molar-refractivity contribution in [2.45, 2.75) is 38.1 Å². The van der Waals surface area contributed by atoms with Gasteiger partial charge in [-0.25, -0.2) is 4.39 Å². The van der Waals surface area contributed by atoms with E-state index in [1.165, 1.54) is 22.4 Å². The molecular formula is C23H26FN3. The van der Waals surface area contributed by atoms with E-state index in [2.05, 4.69) is 45.4 Å². The average Bonchev–Trinajstić information content (AvgIpc) is 3.18. The number of H-pyrrole nitrogens is 1. The first kappa shape index (κ1) is 17.9. The maximum atomic E-state index is 13.1. The SMILES string of the molecule is Fc1ccc(CN2CCC(c3[nH]ncc3CCc3ccccc3)CC2)cc1. The molecule has 4 heteroatoms. The van der Waals surface area contributed by atoms with Crippen LogP contribution in [0.15, 0.2) is 60.8 Å². The van der Waals surface area contributed by atoms with Crippen LogP contribution in [-0.4, -0.2) is 28.2 Å². The molecule has 1 saturated heterocycles. The van der Waals surface area contributed by atoms with Gasteiger partial charge in [-0.3, -0.25) is 10.00 Å². The van der Waals surface area contributed by atoms with Crippen molar-refractivity contribution in [3.8, 4) is 0 Å². The molecule has 4 rings (SSSR count). The molecule has 1 fully saturated rings. The summed E-state index contributed by atoms with van der Waals surface area (Å²) < 4.78 is 13.1. The standard InChI is InChI=1S/C23H26FN3/c24-22-10-7-19(8-11-22)17-27-14-12-20(13-15-27)23-21(16-25-26-23)9-6-18-4-2-1-3-5-18/h1-5,7-8,10-11,16,20H,6,9,12-15,17H2,(H,25,26). The van der Waals surface area contributed by atoms with Gasteiger partial charge in [-0.05, 0) is 67.6 Å². The number of nitrogens with one attached hydrogen (secondary N) is 1. The summed E-state index contributed by atoms with van der Waals surface area (Å²) in [5, 5.41) is 7.60. The number of hydrogen-bond donors (Lipinski definition) is 1. The molecule has 0 unspecified atom stereocenters. The molecule has 0 amide bonds. The zero-order valence-electron chi connectivity index (χ0n) is 15.6. The highest BCUT2D eigenvalue weighted by Crippen LogP contribution is 2.30. The number of nitrogens with zero attached hydrogens (tertiary/aromatic N) is 2. The number of rotatable bonds is 6. The minimum Gasteiger partial charge on any atom is -0.299 e. The van der Waals surface area contributed by atoms with Crippen LogP contribution >= 0.6 is 0 Å². The molecule has 0 aliphatic carbocycles. The van der Waals surface area contributed by atoms with E-state index in [-0.39, 0.29) is 5.82 Å². The largest absolute Gasteiger partial charge is 0.299 e. The molecule has 1 aliphatic heterocycles. The van der Waals surface area contributed by atoms with Crippen molar-refractivity contribution in [3.05, 3.63) is 89.0 Å². The van der Waals surface area contributed by atoms with Gasteiger partial charge in [0, 0.05) is 18.2 Å². The maximum Gasteiger partial charge on any atom is 0.123 e. The van der Waals surface area contributed by atoms with Gasteiger partial charge >= 0.3 is 0 Å². The second kappa shape index (κ2) is 8.49. The fourth-order valence-corrected chi connectivity index (χ4v) is 4.03. The third-order valence-corrected chi connectivity index (χ3v) is 5.59. The van der Waals surface area contributed by atoms with Gasteiger partial charge in [-0.2, -0.15) is 5.10 Å². The summed E-state index contributed by atoms with van der Waals surface area (Å²) in [6.45, 7) is 3.04. The lowest BCUT2D eigenvalue weighted by atomic mass is 9.89. The minimum atomic E-state index is -0.167. The Bertz CT molecular complexity index is 834. The summed E-state index contributed by atoms with van der Waals surface area (Å²) >= 11 is 0. The molecule has 2 heterocycles. The fourth-order valence-electron chi connectivity index (χ4n) is 4.03. The zero-order valence-corrected chi connectivity index (χ0v) is 15.6. The van der Waals surface area contributed by atoms with Crippen molar-refractivity contribution in [2.75, 3.05) is 13.1 Å². The molecule has 3 nitrogen and oxygen atoms in total. The van der Waals surface area contributed by atoms with Gasteiger partial charge in [-0.15, -0.1) is 0 Å². The van der Waals surface area contributed by atoms with Crippen LogP contribution < -0.4 is 0 Å². The Kier molecular flexibility index (Phi) is 5.64. The molecule has 27 heavy (non-hydrogen) atoms. The molecule has 0 atom stereocenters. The molecule has 0 radical (unpaired) electrons. The molecule has 0 bridgehead atoms. The molecule has 1 aliphatic rings. The van der Waals surface area contributed by atoms with E-state index in [0.29, 0.717) is 5.92 Å². The van der Waals surface area contributed by atoms with Crippen LogP contribution in [0, 0.1) is 5.82 Å². The number of aromatic nitrogens is 2. The number of benzene rings is 2. The average molecular weight is 363 g/mol. The third kappa shape index (κ3) is 4.64. The summed E-state index contributed by atoms with van der Waals surface area (Å²) in [7, 11) is 0. The number of halogens is 1. The Hall–Kier alpha value is -2.46. The highest BCUT2D eigenvalue weighted by Gasteiger charge is 2.23. The van der Waals surface area contributed by atoms with Gasteiger partial charge in [0.25, 0.3) is 0 Å². The van der Waals surface area contributed by atoms with Crippen molar-refractivity contribution in [1.82, 2.24) is 15.1 Å². The molecule has 1 N–H and O–H groups in total. The van der Waals surface area contributed by atoms with Crippen molar-refractivity contribution in [3.63, 3.8) is 0 Å². The predicted molar refractivity (Wildman–Crippen MR) is 106 cm³/mol. The van der Waals surface area contributed by atoms with E-state index in [1.807, 2.05) is 18.3 Å². The van der Waals surface area contributed by atoms with E-state index >= 15 is 0 Å². The smallest absolute Gasteiger partial charge is 0.123 e. The van der Waals surface area contributed by atoms with Crippen LogP contribution in [0.4, 0.5) is 4.39 Å². The van der Waals surface area contributed by atoms with Crippen molar-refractivity contribution in [2.24, 2.45) is 0 Å². The minimum absolute atomic E-state index is 0.167. The Labute approximate surface area is 160 Å². The summed E-state index contributed by atoms with van der Waals surface area (Å²) in [6, 6.07) is 17.5. The maximum absolute atomic E-state index is 13.1. The molecule has 140 valence electrons. The van der Waals surface area contributed by atoms with Crippen LogP contribution in [0.25, 0.3) is 0 Å². The first-order valence-electron chi connectivity index (χ1n) is 9.81. The number of likely N-dealkylation sites (tertiary alicyclic amines) is 1. The van der Waals surface area contributed by atoms with E-state index in [4.69, 9.17) is 0 Å². The van der Waals surface area contributed by atoms with Crippen LogP contribution in [0.2, 0.25) is 0 Å². The highest BCUT2D eigenvalue weighted by atomic mass is 19.1. The van der Waals surface area contributed by atoms with Gasteiger partial charge in [0.15, 0.2) is 0 Å². The Balaban J connectivity index is 1.32. The van der Waals surface area contributed by atoms with Crippen LogP contribution in [0.1, 0.15) is 41.1 Å². The van der Waals surface area contributed by atoms with E-state index < -0.39 is 0 Å². The normalized spacial score (nSPS) is 15.9. The number of piperidine rings is 1. The Morgan fingerprint density at radius 3 is 2.41 bits per heavy atom. The van der Waals surface area contributed by atoms with Crippen LogP contribution in [0.5, 0.6) is 0 Å². The van der Waals surface area contributed by atoms with Crippen molar-refractivity contribution < 1.29 is 4.39 Å². The number of aryl methyl sites for hydroxylation is 2. The van der Waals surface area contributed by atoms with Crippen molar-refractivity contribution in [1.29, 1.82) is 0 Å². The van der Waals surface area contributed by atoms with Gasteiger partial charge in [0.1, 0.15) is 5.82 Å². The topological polar surface area (TPSA) is 31.9 Å². The van der Waals surface area contributed by atoms with Gasteiger partial charge < -0.3 is 0 Å². The van der Waals surface area contributed by atoms with Crippen LogP contribution in [-0.2, 0) is 19.4 Å². The molecule has 3 aromatic rings. The number of hydrogen-bond acceptors (Lipinski definition) is 2. The molecule has 0 saturated carbocycles. The van der Waals surface area contributed by atoms with Gasteiger partial charge in [0.05, 0.1) is 6.20 Å². The molecular weight excluding hydrogens is 337 g/mol. The molecule has 2 aromatic carbocycles.